The Morgan fingerprint density at radius 3 is 2.90 bits per heavy atom. The van der Waals surface area contributed by atoms with Crippen LogP contribution in [0.25, 0.3) is 21.9 Å². The summed E-state index contributed by atoms with van der Waals surface area (Å²) in [5.74, 6) is -0.249. The first-order chi connectivity index (χ1) is 10.3. The molecule has 0 aliphatic carbocycles. The summed E-state index contributed by atoms with van der Waals surface area (Å²) in [6.07, 6.45) is 1.42. The molecule has 6 heteroatoms. The van der Waals surface area contributed by atoms with E-state index < -0.39 is 5.91 Å². The van der Waals surface area contributed by atoms with Crippen LogP contribution in [0.4, 0.5) is 0 Å². The highest BCUT2D eigenvalue weighted by Gasteiger charge is 2.22. The van der Waals surface area contributed by atoms with E-state index in [9.17, 15) is 10.1 Å². The molecule has 0 radical (unpaired) electrons. The highest BCUT2D eigenvalue weighted by atomic mass is 16.3. The molecule has 0 aliphatic heterocycles. The summed E-state index contributed by atoms with van der Waals surface area (Å²) >= 11 is 0. The standard InChI is InChI=1S/C15H8N4O2/c16-8-11-13-9-4-1-2-5-10(9)17-14(13)19(18-11)15(20)12-6-3-7-21-12/h1-7,17H. The first kappa shape index (κ1) is 11.5. The number of carbonyl (C=O) groups excluding carboxylic acids is 1. The predicted octanol–water partition coefficient (Wildman–Crippen LogP) is 2.67. The number of hydrogen-bond acceptors (Lipinski definition) is 4. The summed E-state index contributed by atoms with van der Waals surface area (Å²) in [4.78, 5) is 15.5. The zero-order valence-electron chi connectivity index (χ0n) is 10.7. The maximum absolute atomic E-state index is 12.4. The summed E-state index contributed by atoms with van der Waals surface area (Å²) < 4.78 is 6.28. The fraction of sp³-hybridized carbons (Fsp3) is 0. The minimum atomic E-state index is -0.418. The molecule has 0 aliphatic rings. The van der Waals surface area contributed by atoms with E-state index in [1.807, 2.05) is 30.3 Å². The topological polar surface area (TPSA) is 87.6 Å². The molecule has 1 N–H and O–H groups in total. The van der Waals surface area contributed by atoms with Gasteiger partial charge in [-0.15, -0.1) is 0 Å². The van der Waals surface area contributed by atoms with Crippen LogP contribution in [0, 0.1) is 11.3 Å². The molecule has 0 saturated carbocycles. The Morgan fingerprint density at radius 2 is 2.14 bits per heavy atom. The summed E-state index contributed by atoms with van der Waals surface area (Å²) in [7, 11) is 0. The van der Waals surface area contributed by atoms with E-state index in [2.05, 4.69) is 10.1 Å². The minimum Gasteiger partial charge on any atom is -0.459 e. The van der Waals surface area contributed by atoms with Gasteiger partial charge in [-0.1, -0.05) is 18.2 Å². The molecule has 1 aromatic carbocycles. The van der Waals surface area contributed by atoms with E-state index in [1.54, 1.807) is 12.1 Å². The van der Waals surface area contributed by atoms with E-state index in [1.165, 1.54) is 10.9 Å². The average Bonchev–Trinajstić information content (AvgIpc) is 3.21. The van der Waals surface area contributed by atoms with Gasteiger partial charge in [0.1, 0.15) is 11.7 Å². The lowest BCUT2D eigenvalue weighted by Crippen LogP contribution is -2.13. The van der Waals surface area contributed by atoms with Crippen LogP contribution in [-0.4, -0.2) is 20.7 Å². The number of nitrogens with one attached hydrogen (secondary N) is 1. The predicted molar refractivity (Wildman–Crippen MR) is 74.7 cm³/mol. The highest BCUT2D eigenvalue weighted by Crippen LogP contribution is 2.28. The van der Waals surface area contributed by atoms with E-state index >= 15 is 0 Å². The molecule has 0 saturated heterocycles. The molecule has 0 fully saturated rings. The molecular weight excluding hydrogens is 268 g/mol. The van der Waals surface area contributed by atoms with Crippen LogP contribution in [0.15, 0.2) is 47.1 Å². The fourth-order valence-electron chi connectivity index (χ4n) is 2.46. The fourth-order valence-corrected chi connectivity index (χ4v) is 2.46. The summed E-state index contributed by atoms with van der Waals surface area (Å²) in [6.45, 7) is 0. The largest absolute Gasteiger partial charge is 0.459 e. The van der Waals surface area contributed by atoms with Crippen molar-refractivity contribution in [1.29, 1.82) is 5.26 Å². The van der Waals surface area contributed by atoms with Gasteiger partial charge in [0.15, 0.2) is 11.5 Å². The van der Waals surface area contributed by atoms with Crippen molar-refractivity contribution in [2.24, 2.45) is 0 Å². The second-order valence-electron chi connectivity index (χ2n) is 4.55. The van der Waals surface area contributed by atoms with Crippen molar-refractivity contribution in [1.82, 2.24) is 14.8 Å². The summed E-state index contributed by atoms with van der Waals surface area (Å²) in [5, 5.41) is 14.9. The lowest BCUT2D eigenvalue weighted by molar-refractivity contribution is 0.0922. The maximum atomic E-state index is 12.4. The number of furan rings is 1. The van der Waals surface area contributed by atoms with E-state index in [0.29, 0.717) is 11.0 Å². The molecule has 3 aromatic heterocycles. The van der Waals surface area contributed by atoms with Gasteiger partial charge >= 0.3 is 5.91 Å². The van der Waals surface area contributed by atoms with Gasteiger partial charge in [0.05, 0.1) is 11.6 Å². The SMILES string of the molecule is N#Cc1nn(C(=O)c2ccco2)c2[nH]c3ccccc3c12. The van der Waals surface area contributed by atoms with Crippen molar-refractivity contribution in [3.8, 4) is 6.07 Å². The molecule has 0 amide bonds. The number of rotatable bonds is 1. The van der Waals surface area contributed by atoms with Crippen LogP contribution in [0.1, 0.15) is 16.2 Å². The van der Waals surface area contributed by atoms with Crippen molar-refractivity contribution in [3.63, 3.8) is 0 Å². The third kappa shape index (κ3) is 1.51. The van der Waals surface area contributed by atoms with Gasteiger partial charge < -0.3 is 9.40 Å². The maximum Gasteiger partial charge on any atom is 0.315 e. The van der Waals surface area contributed by atoms with Gasteiger partial charge in [0, 0.05) is 10.9 Å². The third-order valence-electron chi connectivity index (χ3n) is 3.37. The zero-order valence-corrected chi connectivity index (χ0v) is 10.7. The molecular formula is C15H8N4O2. The Morgan fingerprint density at radius 1 is 1.29 bits per heavy atom. The van der Waals surface area contributed by atoms with Gasteiger partial charge in [-0.2, -0.15) is 15.0 Å². The lowest BCUT2D eigenvalue weighted by atomic mass is 10.2. The number of carbonyl (C=O) groups is 1. The molecule has 6 nitrogen and oxygen atoms in total. The number of para-hydroxylation sites is 1. The monoisotopic (exact) mass is 276 g/mol. The Balaban J connectivity index is 2.07. The summed E-state index contributed by atoms with van der Waals surface area (Å²) in [5.41, 5.74) is 1.55. The molecule has 21 heavy (non-hydrogen) atoms. The number of nitrogens with zero attached hydrogens (tertiary/aromatic N) is 3. The van der Waals surface area contributed by atoms with Crippen molar-refractivity contribution >= 4 is 27.8 Å². The molecule has 4 aromatic rings. The number of aromatic amines is 1. The molecule has 0 bridgehead atoms. The van der Waals surface area contributed by atoms with E-state index in [4.69, 9.17) is 4.42 Å². The van der Waals surface area contributed by atoms with Gasteiger partial charge in [0.2, 0.25) is 0 Å². The minimum absolute atomic E-state index is 0.169. The Hall–Kier alpha value is -3.33. The van der Waals surface area contributed by atoms with Crippen LogP contribution in [0.3, 0.4) is 0 Å². The van der Waals surface area contributed by atoms with Crippen molar-refractivity contribution < 1.29 is 9.21 Å². The number of benzene rings is 1. The highest BCUT2D eigenvalue weighted by molar-refractivity contribution is 6.11. The van der Waals surface area contributed by atoms with Gasteiger partial charge in [-0.05, 0) is 18.2 Å². The van der Waals surface area contributed by atoms with Gasteiger partial charge in [-0.3, -0.25) is 4.79 Å². The second kappa shape index (κ2) is 4.08. The molecule has 0 unspecified atom stereocenters. The lowest BCUT2D eigenvalue weighted by Gasteiger charge is -1.96. The molecule has 0 spiro atoms. The van der Waals surface area contributed by atoms with Crippen LogP contribution in [0.5, 0.6) is 0 Å². The Labute approximate surface area is 118 Å². The number of hydrogen-bond donors (Lipinski definition) is 1. The van der Waals surface area contributed by atoms with Crippen molar-refractivity contribution in [2.45, 2.75) is 0 Å². The second-order valence-corrected chi connectivity index (χ2v) is 4.55. The smallest absolute Gasteiger partial charge is 0.315 e. The van der Waals surface area contributed by atoms with Crippen LogP contribution in [0.2, 0.25) is 0 Å². The zero-order chi connectivity index (χ0) is 14.4. The van der Waals surface area contributed by atoms with Crippen molar-refractivity contribution in [2.75, 3.05) is 0 Å². The number of H-pyrrole nitrogens is 1. The third-order valence-corrected chi connectivity index (χ3v) is 3.37. The number of nitriles is 1. The summed E-state index contributed by atoms with van der Waals surface area (Å²) in [6, 6.07) is 12.8. The van der Waals surface area contributed by atoms with Crippen molar-refractivity contribution in [3.05, 3.63) is 54.1 Å². The van der Waals surface area contributed by atoms with Crippen LogP contribution in [-0.2, 0) is 0 Å². The first-order valence-electron chi connectivity index (χ1n) is 6.27. The molecule has 4 rings (SSSR count). The van der Waals surface area contributed by atoms with E-state index in [-0.39, 0.29) is 11.5 Å². The van der Waals surface area contributed by atoms with Crippen LogP contribution < -0.4 is 0 Å². The number of aromatic nitrogens is 3. The molecule has 0 atom stereocenters. The first-order valence-corrected chi connectivity index (χ1v) is 6.27. The quantitative estimate of drug-likeness (QED) is 0.579. The number of fused-ring (bicyclic) bond motifs is 3. The Bertz CT molecular complexity index is 1020. The normalized spacial score (nSPS) is 11.0. The van der Waals surface area contributed by atoms with Gasteiger partial charge in [0.25, 0.3) is 0 Å². The van der Waals surface area contributed by atoms with E-state index in [0.717, 1.165) is 10.9 Å². The molecule has 100 valence electrons. The van der Waals surface area contributed by atoms with Crippen LogP contribution >= 0.6 is 0 Å². The molecule has 3 heterocycles. The Kier molecular flexibility index (Phi) is 2.23. The van der Waals surface area contributed by atoms with Gasteiger partial charge in [-0.25, -0.2) is 0 Å². The average molecular weight is 276 g/mol.